The van der Waals surface area contributed by atoms with Crippen LogP contribution in [0.3, 0.4) is 0 Å². The summed E-state index contributed by atoms with van der Waals surface area (Å²) in [5, 5.41) is 0.674. The van der Waals surface area contributed by atoms with Crippen molar-refractivity contribution >= 4 is 31.3 Å². The van der Waals surface area contributed by atoms with Crippen LogP contribution in [0.4, 0.5) is 0 Å². The van der Waals surface area contributed by atoms with Crippen molar-refractivity contribution in [2.45, 2.75) is 31.4 Å². The molecule has 1 aliphatic rings. The van der Waals surface area contributed by atoms with Gasteiger partial charge >= 0.3 is 0 Å². The van der Waals surface area contributed by atoms with Gasteiger partial charge in [-0.1, -0.05) is 17.7 Å². The maximum atomic E-state index is 11.0. The van der Waals surface area contributed by atoms with Crippen LogP contribution in [0, 0.1) is 0 Å². The number of rotatable bonds is 2. The molecule has 1 aromatic rings. The molecule has 5 heteroatoms. The molecule has 0 aromatic heterocycles. The van der Waals surface area contributed by atoms with Crippen LogP contribution in [0.1, 0.15) is 29.5 Å². The number of halogens is 2. The van der Waals surface area contributed by atoms with Gasteiger partial charge in [0.2, 0.25) is 9.05 Å². The molecule has 0 saturated carbocycles. The summed E-state index contributed by atoms with van der Waals surface area (Å²) < 4.78 is 22.0. The monoisotopic (exact) mass is 278 g/mol. The van der Waals surface area contributed by atoms with E-state index in [2.05, 4.69) is 0 Å². The van der Waals surface area contributed by atoms with Crippen LogP contribution in [0.2, 0.25) is 5.02 Å². The highest BCUT2D eigenvalue weighted by Crippen LogP contribution is 2.30. The van der Waals surface area contributed by atoms with Gasteiger partial charge < -0.3 is 0 Å². The van der Waals surface area contributed by atoms with Gasteiger partial charge in [0.1, 0.15) is 0 Å². The van der Waals surface area contributed by atoms with Crippen molar-refractivity contribution in [3.8, 4) is 0 Å². The summed E-state index contributed by atoms with van der Waals surface area (Å²) in [4.78, 5) is 0. The first-order valence-corrected chi connectivity index (χ1v) is 8.04. The number of hydrogen-bond donors (Lipinski definition) is 0. The van der Waals surface area contributed by atoms with Crippen molar-refractivity contribution in [3.05, 3.63) is 33.8 Å². The Morgan fingerprint density at radius 3 is 2.56 bits per heavy atom. The Hall–Kier alpha value is -0.250. The zero-order valence-corrected chi connectivity index (χ0v) is 11.0. The zero-order valence-electron chi connectivity index (χ0n) is 8.67. The van der Waals surface area contributed by atoms with Crippen molar-refractivity contribution in [1.29, 1.82) is 0 Å². The number of fused-ring (bicyclic) bond motifs is 1. The molecular formula is C11H12Cl2O2S. The van der Waals surface area contributed by atoms with Crippen LogP contribution in [0.25, 0.3) is 0 Å². The molecule has 0 fully saturated rings. The average molecular weight is 279 g/mol. The second-order valence-electron chi connectivity index (χ2n) is 4.11. The van der Waals surface area contributed by atoms with Crippen molar-refractivity contribution in [3.63, 3.8) is 0 Å². The Kier molecular flexibility index (Phi) is 3.48. The topological polar surface area (TPSA) is 34.1 Å². The van der Waals surface area contributed by atoms with E-state index in [1.165, 1.54) is 11.1 Å². The van der Waals surface area contributed by atoms with Gasteiger partial charge in [-0.2, -0.15) is 0 Å². The fourth-order valence-corrected chi connectivity index (χ4v) is 3.46. The number of hydrogen-bond acceptors (Lipinski definition) is 2. The minimum absolute atomic E-state index is 0.151. The van der Waals surface area contributed by atoms with E-state index in [-0.39, 0.29) is 5.75 Å². The molecule has 16 heavy (non-hydrogen) atoms. The van der Waals surface area contributed by atoms with Crippen LogP contribution < -0.4 is 0 Å². The highest BCUT2D eigenvalue weighted by Gasteiger charge is 2.16. The Morgan fingerprint density at radius 2 is 1.88 bits per heavy atom. The van der Waals surface area contributed by atoms with Gasteiger partial charge in [-0.25, -0.2) is 8.42 Å². The molecule has 0 radical (unpaired) electrons. The lowest BCUT2D eigenvalue weighted by Gasteiger charge is -2.18. The molecule has 0 heterocycles. The molecule has 0 atom stereocenters. The SMILES string of the molecule is O=S(=O)(Cl)Cc1cc(Cl)c2c(c1)CCCC2. The molecule has 2 rings (SSSR count). The summed E-state index contributed by atoms with van der Waals surface area (Å²) in [5.41, 5.74) is 3.03. The van der Waals surface area contributed by atoms with E-state index in [1.807, 2.05) is 6.07 Å². The smallest absolute Gasteiger partial charge is 0.212 e. The third kappa shape index (κ3) is 2.90. The molecule has 0 bridgehead atoms. The lowest BCUT2D eigenvalue weighted by Crippen LogP contribution is -2.05. The highest BCUT2D eigenvalue weighted by atomic mass is 35.7. The molecule has 0 N–H and O–H groups in total. The predicted octanol–water partition coefficient (Wildman–Crippen LogP) is 3.29. The minimum Gasteiger partial charge on any atom is -0.212 e. The quantitative estimate of drug-likeness (QED) is 0.778. The van der Waals surface area contributed by atoms with Crippen LogP contribution in [0.15, 0.2) is 12.1 Å². The summed E-state index contributed by atoms with van der Waals surface area (Å²) in [6.45, 7) is 0. The number of aryl methyl sites for hydroxylation is 1. The summed E-state index contributed by atoms with van der Waals surface area (Å²) in [6.07, 6.45) is 4.26. The van der Waals surface area contributed by atoms with E-state index >= 15 is 0 Å². The molecule has 0 saturated heterocycles. The van der Waals surface area contributed by atoms with Crippen LogP contribution in [-0.2, 0) is 27.6 Å². The average Bonchev–Trinajstić information content (AvgIpc) is 2.15. The van der Waals surface area contributed by atoms with Gasteiger partial charge in [-0.05, 0) is 48.4 Å². The van der Waals surface area contributed by atoms with Gasteiger partial charge in [0, 0.05) is 15.7 Å². The molecule has 0 unspecified atom stereocenters. The summed E-state index contributed by atoms with van der Waals surface area (Å²) in [5.74, 6) is -0.151. The Balaban J connectivity index is 2.39. The van der Waals surface area contributed by atoms with Gasteiger partial charge in [-0.3, -0.25) is 0 Å². The van der Waals surface area contributed by atoms with E-state index in [0.29, 0.717) is 10.6 Å². The molecule has 1 aromatic carbocycles. The molecular weight excluding hydrogens is 267 g/mol. The first-order chi connectivity index (χ1) is 7.46. The standard InChI is InChI=1S/C11H12Cl2O2S/c12-11-6-8(7-16(13,14)15)5-9-3-1-2-4-10(9)11/h5-6H,1-4,7H2. The maximum Gasteiger partial charge on any atom is 0.236 e. The zero-order chi connectivity index (χ0) is 11.8. The lowest BCUT2D eigenvalue weighted by molar-refractivity contribution is 0.608. The first kappa shape index (κ1) is 12.2. The minimum atomic E-state index is -3.51. The molecule has 88 valence electrons. The van der Waals surface area contributed by atoms with Crippen molar-refractivity contribution < 1.29 is 8.42 Å². The van der Waals surface area contributed by atoms with Crippen molar-refractivity contribution in [2.24, 2.45) is 0 Å². The molecule has 2 nitrogen and oxygen atoms in total. The Morgan fingerprint density at radius 1 is 1.19 bits per heavy atom. The largest absolute Gasteiger partial charge is 0.236 e. The van der Waals surface area contributed by atoms with Crippen LogP contribution in [-0.4, -0.2) is 8.42 Å². The van der Waals surface area contributed by atoms with E-state index in [1.54, 1.807) is 6.07 Å². The fourth-order valence-electron chi connectivity index (χ4n) is 2.16. The second kappa shape index (κ2) is 4.55. The van der Waals surface area contributed by atoms with Gasteiger partial charge in [0.05, 0.1) is 5.75 Å². The second-order valence-corrected chi connectivity index (χ2v) is 7.29. The summed E-state index contributed by atoms with van der Waals surface area (Å²) in [7, 11) is 1.73. The summed E-state index contributed by atoms with van der Waals surface area (Å²) in [6, 6.07) is 3.63. The molecule has 1 aliphatic carbocycles. The maximum absolute atomic E-state index is 11.0. The Labute approximate surface area is 105 Å². The molecule has 0 aliphatic heterocycles. The van der Waals surface area contributed by atoms with Crippen molar-refractivity contribution in [1.82, 2.24) is 0 Å². The molecule has 0 spiro atoms. The van der Waals surface area contributed by atoms with E-state index in [9.17, 15) is 8.42 Å². The summed E-state index contributed by atoms with van der Waals surface area (Å²) >= 11 is 6.14. The van der Waals surface area contributed by atoms with Crippen molar-refractivity contribution in [2.75, 3.05) is 0 Å². The van der Waals surface area contributed by atoms with Crippen LogP contribution >= 0.6 is 22.3 Å². The Bertz CT molecular complexity index is 509. The van der Waals surface area contributed by atoms with Gasteiger partial charge in [0.25, 0.3) is 0 Å². The highest BCUT2D eigenvalue weighted by molar-refractivity contribution is 8.13. The third-order valence-electron chi connectivity index (χ3n) is 2.81. The predicted molar refractivity (Wildman–Crippen MR) is 66.6 cm³/mol. The first-order valence-electron chi connectivity index (χ1n) is 5.18. The van der Waals surface area contributed by atoms with Crippen LogP contribution in [0.5, 0.6) is 0 Å². The van der Waals surface area contributed by atoms with Gasteiger partial charge in [0.15, 0.2) is 0 Å². The van der Waals surface area contributed by atoms with E-state index in [4.69, 9.17) is 22.3 Å². The van der Waals surface area contributed by atoms with Gasteiger partial charge in [-0.15, -0.1) is 0 Å². The fraction of sp³-hybridized carbons (Fsp3) is 0.455. The third-order valence-corrected chi connectivity index (χ3v) is 4.15. The number of benzene rings is 1. The van der Waals surface area contributed by atoms with E-state index < -0.39 is 9.05 Å². The van der Waals surface area contributed by atoms with E-state index in [0.717, 1.165) is 25.7 Å². The normalized spacial score (nSPS) is 15.9. The lowest BCUT2D eigenvalue weighted by atomic mass is 9.90. The molecule has 0 amide bonds.